The number of pyridine rings is 1. The Morgan fingerprint density at radius 2 is 1.48 bits per heavy atom. The highest BCUT2D eigenvalue weighted by molar-refractivity contribution is 6.09. The first kappa shape index (κ1) is 27.6. The van der Waals surface area contributed by atoms with Gasteiger partial charge in [-0.05, 0) is 65.9 Å². The van der Waals surface area contributed by atoms with E-state index in [1.165, 1.54) is 35.0 Å². The fourth-order valence-corrected chi connectivity index (χ4v) is 6.17. The smallest absolute Gasteiger partial charge is 0.140 e. The molecule has 44 heavy (non-hydrogen) atoms. The van der Waals surface area contributed by atoms with Crippen LogP contribution in [0.15, 0.2) is 116 Å². The quantitative estimate of drug-likeness (QED) is 0.171. The van der Waals surface area contributed by atoms with E-state index >= 15 is 0 Å². The Morgan fingerprint density at radius 3 is 2.27 bits per heavy atom. The molecule has 0 spiro atoms. The van der Waals surface area contributed by atoms with E-state index in [2.05, 4.69) is 49.3 Å². The maximum atomic E-state index is 14.2. The molecule has 0 bridgehead atoms. The van der Waals surface area contributed by atoms with Crippen molar-refractivity contribution in [1.82, 2.24) is 19.3 Å². The van der Waals surface area contributed by atoms with Crippen molar-refractivity contribution in [3.05, 3.63) is 133 Å². The molecule has 4 aromatic carbocycles. The Morgan fingerprint density at radius 1 is 0.727 bits per heavy atom. The first-order valence-electron chi connectivity index (χ1n) is 15.2. The Bertz CT molecular complexity index is 2080. The lowest BCUT2D eigenvalue weighted by atomic mass is 9.92. The van der Waals surface area contributed by atoms with Crippen LogP contribution in [0.2, 0.25) is 0 Å². The molecular formula is C38H33FN4O. The first-order chi connectivity index (χ1) is 21.6. The third-order valence-corrected chi connectivity index (χ3v) is 8.05. The van der Waals surface area contributed by atoms with Crippen molar-refractivity contribution in [3.63, 3.8) is 0 Å². The van der Waals surface area contributed by atoms with Crippen LogP contribution in [0.5, 0.6) is 11.5 Å². The predicted molar refractivity (Wildman–Crippen MR) is 176 cm³/mol. The summed E-state index contributed by atoms with van der Waals surface area (Å²) < 4.78 is 24.5. The number of fused-ring (bicyclic) bond motifs is 3. The SMILES string of the molecule is CCCc1cccc(CCC)c1-c1cnn(-c2cccc(Oc3ccc4c5ccccc5n(-c5cc(F)ccn5)c4c3)c2)c1. The van der Waals surface area contributed by atoms with E-state index < -0.39 is 0 Å². The average Bonchev–Trinajstić information content (AvgIpc) is 3.65. The largest absolute Gasteiger partial charge is 0.457 e. The van der Waals surface area contributed by atoms with E-state index in [0.29, 0.717) is 17.3 Å². The van der Waals surface area contributed by atoms with E-state index in [1.807, 2.05) is 76.1 Å². The molecule has 3 heterocycles. The molecule has 3 aromatic heterocycles. The summed E-state index contributed by atoms with van der Waals surface area (Å²) >= 11 is 0. The van der Waals surface area contributed by atoms with E-state index in [-0.39, 0.29) is 5.82 Å². The summed E-state index contributed by atoms with van der Waals surface area (Å²) in [5.41, 5.74) is 7.95. The maximum Gasteiger partial charge on any atom is 0.140 e. The van der Waals surface area contributed by atoms with Gasteiger partial charge >= 0.3 is 0 Å². The highest BCUT2D eigenvalue weighted by atomic mass is 19.1. The van der Waals surface area contributed by atoms with E-state index in [0.717, 1.165) is 58.7 Å². The van der Waals surface area contributed by atoms with Crippen LogP contribution < -0.4 is 4.74 Å². The second kappa shape index (κ2) is 11.8. The van der Waals surface area contributed by atoms with E-state index in [1.54, 1.807) is 0 Å². The Kier molecular flexibility index (Phi) is 7.40. The van der Waals surface area contributed by atoms with Crippen LogP contribution in [0, 0.1) is 5.82 Å². The summed E-state index contributed by atoms with van der Waals surface area (Å²) in [5, 5.41) is 6.86. The minimum absolute atomic E-state index is 0.331. The van der Waals surface area contributed by atoms with Crippen LogP contribution >= 0.6 is 0 Å². The zero-order valence-corrected chi connectivity index (χ0v) is 24.9. The van der Waals surface area contributed by atoms with Crippen molar-refractivity contribution in [1.29, 1.82) is 0 Å². The van der Waals surface area contributed by atoms with Gasteiger partial charge in [-0.15, -0.1) is 0 Å². The number of nitrogens with zero attached hydrogens (tertiary/aromatic N) is 4. The molecule has 0 N–H and O–H groups in total. The van der Waals surface area contributed by atoms with Gasteiger partial charge in [0.05, 0.1) is 22.9 Å². The molecule has 0 saturated heterocycles. The van der Waals surface area contributed by atoms with Gasteiger partial charge in [-0.2, -0.15) is 5.10 Å². The molecule has 0 saturated carbocycles. The highest BCUT2D eigenvalue weighted by Gasteiger charge is 2.16. The maximum absolute atomic E-state index is 14.2. The fourth-order valence-electron chi connectivity index (χ4n) is 6.17. The normalized spacial score (nSPS) is 11.4. The van der Waals surface area contributed by atoms with Gasteiger partial charge in [0.25, 0.3) is 0 Å². The Balaban J connectivity index is 1.23. The topological polar surface area (TPSA) is 44.9 Å². The number of hydrogen-bond donors (Lipinski definition) is 0. The van der Waals surface area contributed by atoms with Gasteiger partial charge in [0, 0.05) is 46.9 Å². The summed E-state index contributed by atoms with van der Waals surface area (Å²) in [6.07, 6.45) is 9.85. The van der Waals surface area contributed by atoms with Crippen molar-refractivity contribution in [2.24, 2.45) is 0 Å². The van der Waals surface area contributed by atoms with Gasteiger partial charge in [-0.1, -0.05) is 69.2 Å². The lowest BCUT2D eigenvalue weighted by Gasteiger charge is -2.13. The third-order valence-electron chi connectivity index (χ3n) is 8.05. The van der Waals surface area contributed by atoms with Crippen LogP contribution in [0.3, 0.4) is 0 Å². The molecule has 7 aromatic rings. The molecule has 0 radical (unpaired) electrons. The molecule has 5 nitrogen and oxygen atoms in total. The number of ether oxygens (including phenoxy) is 1. The van der Waals surface area contributed by atoms with Gasteiger partial charge in [0.15, 0.2) is 0 Å². The zero-order valence-electron chi connectivity index (χ0n) is 24.9. The summed E-state index contributed by atoms with van der Waals surface area (Å²) in [7, 11) is 0. The Hall–Kier alpha value is -5.23. The van der Waals surface area contributed by atoms with Crippen molar-refractivity contribution in [2.75, 3.05) is 0 Å². The minimum atomic E-state index is -0.331. The summed E-state index contributed by atoms with van der Waals surface area (Å²) in [6, 6.07) is 31.5. The molecule has 6 heteroatoms. The zero-order chi connectivity index (χ0) is 30.0. The van der Waals surface area contributed by atoms with Gasteiger partial charge in [0.1, 0.15) is 23.1 Å². The molecular weight excluding hydrogens is 547 g/mol. The molecule has 0 aliphatic heterocycles. The number of halogens is 1. The number of benzene rings is 4. The van der Waals surface area contributed by atoms with Gasteiger partial charge in [0.2, 0.25) is 0 Å². The molecule has 0 aliphatic carbocycles. The number of aryl methyl sites for hydroxylation is 2. The van der Waals surface area contributed by atoms with E-state index in [9.17, 15) is 4.39 Å². The molecule has 0 unspecified atom stereocenters. The van der Waals surface area contributed by atoms with E-state index in [4.69, 9.17) is 9.84 Å². The first-order valence-corrected chi connectivity index (χ1v) is 15.2. The van der Waals surface area contributed by atoms with Gasteiger partial charge in [-0.3, -0.25) is 4.57 Å². The molecule has 0 atom stereocenters. The monoisotopic (exact) mass is 580 g/mol. The standard InChI is InChI=1S/C38H33FN4O/c1-3-9-26-11-7-12-27(10-4-2)38(26)28-24-41-42(25-28)30-13-8-14-31(22-30)44-32-17-18-34-33-15-5-6-16-35(33)43(36(34)23-32)37-21-29(39)19-20-40-37/h5-8,11-25H,3-4,9-10H2,1-2H3. The third kappa shape index (κ3) is 5.13. The number of para-hydroxylation sites is 1. The average molecular weight is 581 g/mol. The summed E-state index contributed by atoms with van der Waals surface area (Å²) in [6.45, 7) is 4.45. The molecule has 0 fully saturated rings. The van der Waals surface area contributed by atoms with Crippen LogP contribution in [-0.4, -0.2) is 19.3 Å². The Labute approximate surface area is 256 Å². The van der Waals surface area contributed by atoms with Crippen LogP contribution in [-0.2, 0) is 12.8 Å². The second-order valence-electron chi connectivity index (χ2n) is 11.1. The summed E-state index contributed by atoms with van der Waals surface area (Å²) in [4.78, 5) is 4.47. The van der Waals surface area contributed by atoms with Gasteiger partial charge < -0.3 is 4.74 Å². The molecule has 0 amide bonds. The molecule has 0 aliphatic rings. The predicted octanol–water partition coefficient (Wildman–Crippen LogP) is 9.87. The number of rotatable bonds is 9. The fraction of sp³-hybridized carbons (Fsp3) is 0.158. The van der Waals surface area contributed by atoms with Crippen LogP contribution in [0.1, 0.15) is 37.8 Å². The molecule has 218 valence electrons. The lowest BCUT2D eigenvalue weighted by Crippen LogP contribution is -1.98. The van der Waals surface area contributed by atoms with Crippen molar-refractivity contribution in [2.45, 2.75) is 39.5 Å². The van der Waals surface area contributed by atoms with Crippen LogP contribution in [0.4, 0.5) is 4.39 Å². The lowest BCUT2D eigenvalue weighted by molar-refractivity contribution is 0.483. The minimum Gasteiger partial charge on any atom is -0.457 e. The number of hydrogen-bond acceptors (Lipinski definition) is 3. The summed E-state index contributed by atoms with van der Waals surface area (Å²) in [5.74, 6) is 1.56. The number of aromatic nitrogens is 4. The van der Waals surface area contributed by atoms with Crippen LogP contribution in [0.25, 0.3) is 44.4 Å². The van der Waals surface area contributed by atoms with Crippen molar-refractivity contribution >= 4 is 21.8 Å². The highest BCUT2D eigenvalue weighted by Crippen LogP contribution is 2.35. The molecule has 7 rings (SSSR count). The van der Waals surface area contributed by atoms with Crippen molar-refractivity contribution < 1.29 is 9.13 Å². The van der Waals surface area contributed by atoms with Crippen molar-refractivity contribution in [3.8, 4) is 34.1 Å². The second-order valence-corrected chi connectivity index (χ2v) is 11.1. The van der Waals surface area contributed by atoms with Gasteiger partial charge in [-0.25, -0.2) is 14.1 Å².